The van der Waals surface area contributed by atoms with Crippen molar-refractivity contribution in [1.82, 2.24) is 15.2 Å². The van der Waals surface area contributed by atoms with Crippen molar-refractivity contribution in [3.05, 3.63) is 41.9 Å². The van der Waals surface area contributed by atoms with Crippen LogP contribution < -0.4 is 5.32 Å². The van der Waals surface area contributed by atoms with Crippen molar-refractivity contribution in [3.8, 4) is 11.3 Å². The SMILES string of the molecule is CC(C)(CNC(=O)CCc1ncc(-c2ccc(F)cc2F)o1)N1CCCCC1. The predicted octanol–water partition coefficient (Wildman–Crippen LogP) is 3.93. The number of piperidine rings is 1. The number of likely N-dealkylation sites (tertiary alicyclic amines) is 1. The summed E-state index contributed by atoms with van der Waals surface area (Å²) in [6.45, 7) is 7.03. The van der Waals surface area contributed by atoms with Crippen LogP contribution in [0.2, 0.25) is 0 Å². The predicted molar refractivity (Wildman–Crippen MR) is 103 cm³/mol. The molecule has 7 heteroatoms. The lowest BCUT2D eigenvalue weighted by atomic mass is 9.98. The van der Waals surface area contributed by atoms with E-state index in [2.05, 4.69) is 29.0 Å². The number of aryl methyl sites for hydroxylation is 1. The third-order valence-corrected chi connectivity index (χ3v) is 5.25. The lowest BCUT2D eigenvalue weighted by Crippen LogP contribution is -2.53. The van der Waals surface area contributed by atoms with E-state index >= 15 is 0 Å². The Labute approximate surface area is 164 Å². The molecule has 2 heterocycles. The fraction of sp³-hybridized carbons (Fsp3) is 0.524. The van der Waals surface area contributed by atoms with E-state index < -0.39 is 11.6 Å². The van der Waals surface area contributed by atoms with Crippen LogP contribution in [0.1, 0.15) is 45.4 Å². The van der Waals surface area contributed by atoms with Crippen molar-refractivity contribution in [2.75, 3.05) is 19.6 Å². The van der Waals surface area contributed by atoms with Gasteiger partial charge >= 0.3 is 0 Å². The minimum Gasteiger partial charge on any atom is -0.441 e. The molecule has 0 spiro atoms. The molecule has 28 heavy (non-hydrogen) atoms. The first-order chi connectivity index (χ1) is 13.3. The maximum atomic E-state index is 13.8. The topological polar surface area (TPSA) is 58.4 Å². The number of nitrogens with one attached hydrogen (secondary N) is 1. The van der Waals surface area contributed by atoms with E-state index in [1.165, 1.54) is 31.5 Å². The first-order valence-corrected chi connectivity index (χ1v) is 9.77. The number of nitrogens with zero attached hydrogens (tertiary/aromatic N) is 2. The Balaban J connectivity index is 1.49. The molecule has 3 rings (SSSR count). The summed E-state index contributed by atoms with van der Waals surface area (Å²) in [6.07, 6.45) is 5.64. The lowest BCUT2D eigenvalue weighted by molar-refractivity contribution is -0.121. The average molecular weight is 391 g/mol. The number of carbonyl (C=O) groups excluding carboxylic acids is 1. The normalized spacial score (nSPS) is 15.6. The van der Waals surface area contributed by atoms with Crippen molar-refractivity contribution in [1.29, 1.82) is 0 Å². The van der Waals surface area contributed by atoms with Gasteiger partial charge in [-0.1, -0.05) is 6.42 Å². The van der Waals surface area contributed by atoms with Gasteiger partial charge in [-0.05, 0) is 51.9 Å². The van der Waals surface area contributed by atoms with E-state index in [-0.39, 0.29) is 29.2 Å². The van der Waals surface area contributed by atoms with Crippen molar-refractivity contribution in [3.63, 3.8) is 0 Å². The second-order valence-corrected chi connectivity index (χ2v) is 7.88. The fourth-order valence-electron chi connectivity index (χ4n) is 3.47. The Morgan fingerprint density at radius 3 is 2.71 bits per heavy atom. The maximum Gasteiger partial charge on any atom is 0.220 e. The molecule has 1 aliphatic rings. The number of aromatic nitrogens is 1. The molecular weight excluding hydrogens is 364 g/mol. The summed E-state index contributed by atoms with van der Waals surface area (Å²) in [7, 11) is 0. The van der Waals surface area contributed by atoms with Gasteiger partial charge in [-0.3, -0.25) is 9.69 Å². The monoisotopic (exact) mass is 391 g/mol. The van der Waals surface area contributed by atoms with E-state index in [9.17, 15) is 13.6 Å². The highest BCUT2D eigenvalue weighted by atomic mass is 19.1. The van der Waals surface area contributed by atoms with Crippen LogP contribution >= 0.6 is 0 Å². The third-order valence-electron chi connectivity index (χ3n) is 5.25. The van der Waals surface area contributed by atoms with E-state index in [4.69, 9.17) is 4.42 Å². The molecule has 152 valence electrons. The molecule has 1 amide bonds. The minimum absolute atomic E-state index is 0.0715. The van der Waals surface area contributed by atoms with E-state index in [0.717, 1.165) is 25.2 Å². The number of benzene rings is 1. The summed E-state index contributed by atoms with van der Waals surface area (Å²) in [5.74, 6) is -0.855. The molecule has 1 aromatic heterocycles. The van der Waals surface area contributed by atoms with E-state index in [1.807, 2.05) is 0 Å². The zero-order chi connectivity index (χ0) is 20.1. The molecule has 1 aliphatic heterocycles. The van der Waals surface area contributed by atoms with Gasteiger partial charge in [0.2, 0.25) is 5.91 Å². The van der Waals surface area contributed by atoms with E-state index in [1.54, 1.807) is 0 Å². The van der Waals surface area contributed by atoms with E-state index in [0.29, 0.717) is 18.9 Å². The van der Waals surface area contributed by atoms with Gasteiger partial charge in [0, 0.05) is 31.0 Å². The smallest absolute Gasteiger partial charge is 0.220 e. The third kappa shape index (κ3) is 5.16. The summed E-state index contributed by atoms with van der Waals surface area (Å²) >= 11 is 0. The Hall–Kier alpha value is -2.28. The van der Waals surface area contributed by atoms with Crippen LogP contribution in [-0.2, 0) is 11.2 Å². The Morgan fingerprint density at radius 1 is 1.25 bits per heavy atom. The highest BCUT2D eigenvalue weighted by molar-refractivity contribution is 5.76. The van der Waals surface area contributed by atoms with Crippen LogP contribution in [0.25, 0.3) is 11.3 Å². The van der Waals surface area contributed by atoms with Crippen molar-refractivity contribution in [2.45, 2.75) is 51.5 Å². The number of rotatable bonds is 7. The largest absolute Gasteiger partial charge is 0.441 e. The average Bonchev–Trinajstić information content (AvgIpc) is 3.14. The number of amides is 1. The van der Waals surface area contributed by atoms with Gasteiger partial charge in [0.05, 0.1) is 11.8 Å². The number of hydrogen-bond donors (Lipinski definition) is 1. The van der Waals surface area contributed by atoms with Crippen molar-refractivity contribution in [2.24, 2.45) is 0 Å². The van der Waals surface area contributed by atoms with Crippen molar-refractivity contribution < 1.29 is 18.0 Å². The lowest BCUT2D eigenvalue weighted by Gasteiger charge is -2.41. The molecule has 0 bridgehead atoms. The molecule has 0 atom stereocenters. The molecule has 0 radical (unpaired) electrons. The molecule has 1 aromatic carbocycles. The van der Waals surface area contributed by atoms with Crippen LogP contribution in [0.4, 0.5) is 8.78 Å². The van der Waals surface area contributed by atoms with Crippen molar-refractivity contribution >= 4 is 5.91 Å². The van der Waals surface area contributed by atoms with Crippen LogP contribution in [-0.4, -0.2) is 41.0 Å². The Kier molecular flexibility index (Phi) is 6.44. The second-order valence-electron chi connectivity index (χ2n) is 7.88. The maximum absolute atomic E-state index is 13.8. The molecule has 1 N–H and O–H groups in total. The summed E-state index contributed by atoms with van der Waals surface area (Å²) in [5.41, 5.74) is 0.0691. The molecule has 1 fully saturated rings. The molecule has 0 saturated carbocycles. The number of hydrogen-bond acceptors (Lipinski definition) is 4. The number of carbonyl (C=O) groups is 1. The zero-order valence-corrected chi connectivity index (χ0v) is 16.4. The Bertz CT molecular complexity index is 814. The van der Waals surface area contributed by atoms with Gasteiger partial charge in [-0.2, -0.15) is 0 Å². The van der Waals surface area contributed by atoms with Crippen LogP contribution in [0.5, 0.6) is 0 Å². The summed E-state index contributed by atoms with van der Waals surface area (Å²) < 4.78 is 32.4. The van der Waals surface area contributed by atoms with Gasteiger partial charge in [0.15, 0.2) is 11.7 Å². The van der Waals surface area contributed by atoms with Gasteiger partial charge in [-0.15, -0.1) is 0 Å². The van der Waals surface area contributed by atoms with Crippen LogP contribution in [0.15, 0.2) is 28.8 Å². The highest BCUT2D eigenvalue weighted by Crippen LogP contribution is 2.24. The van der Waals surface area contributed by atoms with Gasteiger partial charge < -0.3 is 9.73 Å². The van der Waals surface area contributed by atoms with Crippen LogP contribution in [0, 0.1) is 11.6 Å². The standard InChI is InChI=1S/C21H27F2N3O2/c1-21(2,26-10-4-3-5-11-26)14-25-19(27)8-9-20-24-13-18(28-20)16-7-6-15(22)12-17(16)23/h6-7,12-13H,3-5,8-11,14H2,1-2H3,(H,25,27). The summed E-state index contributed by atoms with van der Waals surface area (Å²) in [4.78, 5) is 18.7. The summed E-state index contributed by atoms with van der Waals surface area (Å²) in [6, 6.07) is 3.28. The number of halogens is 2. The second kappa shape index (κ2) is 8.82. The molecular formula is C21H27F2N3O2. The first-order valence-electron chi connectivity index (χ1n) is 9.77. The fourth-order valence-corrected chi connectivity index (χ4v) is 3.47. The quantitative estimate of drug-likeness (QED) is 0.777. The van der Waals surface area contributed by atoms with Gasteiger partial charge in [0.25, 0.3) is 0 Å². The van der Waals surface area contributed by atoms with Gasteiger partial charge in [0.1, 0.15) is 11.6 Å². The summed E-state index contributed by atoms with van der Waals surface area (Å²) in [5, 5.41) is 2.99. The molecule has 0 unspecified atom stereocenters. The highest BCUT2D eigenvalue weighted by Gasteiger charge is 2.28. The minimum atomic E-state index is -0.708. The molecule has 0 aliphatic carbocycles. The van der Waals surface area contributed by atoms with Crippen LogP contribution in [0.3, 0.4) is 0 Å². The molecule has 5 nitrogen and oxygen atoms in total. The molecule has 1 saturated heterocycles. The first kappa shape index (κ1) is 20.5. The molecule has 2 aromatic rings. The van der Waals surface area contributed by atoms with Gasteiger partial charge in [-0.25, -0.2) is 13.8 Å². The number of oxazole rings is 1. The Morgan fingerprint density at radius 2 is 2.00 bits per heavy atom. The zero-order valence-electron chi connectivity index (χ0n) is 16.4.